The molecule has 0 aliphatic carbocycles. The smallest absolute Gasteiger partial charge is 0.349 e. The number of carbonyl (C=O) groups is 2. The van der Waals surface area contributed by atoms with Crippen LogP contribution in [0, 0.1) is 0 Å². The van der Waals surface area contributed by atoms with Crippen molar-refractivity contribution in [3.8, 4) is 0 Å². The van der Waals surface area contributed by atoms with Crippen molar-refractivity contribution in [3.63, 3.8) is 0 Å². The summed E-state index contributed by atoms with van der Waals surface area (Å²) in [6.45, 7) is 0.840. The third-order valence-corrected chi connectivity index (χ3v) is 4.69. The highest BCUT2D eigenvalue weighted by Gasteiger charge is 2.28. The zero-order valence-electron chi connectivity index (χ0n) is 9.60. The summed E-state index contributed by atoms with van der Waals surface area (Å²) in [5, 5.41) is 1.81. The van der Waals surface area contributed by atoms with Crippen molar-refractivity contribution >= 4 is 39.3 Å². The molecule has 2 heterocycles. The van der Waals surface area contributed by atoms with Crippen LogP contribution in [0.3, 0.4) is 0 Å². The van der Waals surface area contributed by atoms with E-state index in [1.807, 2.05) is 5.38 Å². The van der Waals surface area contributed by atoms with E-state index in [9.17, 15) is 9.59 Å². The number of amides is 2. The molecule has 1 aliphatic rings. The largest absolute Gasteiger partial charge is 0.459 e. The quantitative estimate of drug-likeness (QED) is 0.862. The number of thiophene rings is 1. The normalized spacial score (nSPS) is 18.9. The zero-order valence-corrected chi connectivity index (χ0v) is 12.0. The maximum Gasteiger partial charge on any atom is 0.349 e. The van der Waals surface area contributed by atoms with E-state index >= 15 is 0 Å². The number of likely N-dealkylation sites (tertiary alicyclic amines) is 1. The summed E-state index contributed by atoms with van der Waals surface area (Å²) >= 11 is 4.60. The Balaban J connectivity index is 1.90. The molecule has 0 unspecified atom stereocenters. The highest BCUT2D eigenvalue weighted by Crippen LogP contribution is 2.24. The maximum absolute atomic E-state index is 11.8. The summed E-state index contributed by atoms with van der Waals surface area (Å²) in [5.41, 5.74) is 5.25. The molecule has 7 heteroatoms. The molecule has 1 aromatic heterocycles. The van der Waals surface area contributed by atoms with Crippen LogP contribution in [0.15, 0.2) is 15.9 Å². The van der Waals surface area contributed by atoms with E-state index in [0.29, 0.717) is 11.4 Å². The van der Waals surface area contributed by atoms with Crippen molar-refractivity contribution in [2.24, 2.45) is 5.73 Å². The van der Waals surface area contributed by atoms with Gasteiger partial charge >= 0.3 is 12.0 Å². The second kappa shape index (κ2) is 5.71. The fraction of sp³-hybridized carbons (Fsp3) is 0.455. The lowest BCUT2D eigenvalue weighted by atomic mass is 10.2. The number of primary amides is 1. The van der Waals surface area contributed by atoms with Crippen molar-refractivity contribution in [1.82, 2.24) is 4.90 Å². The van der Waals surface area contributed by atoms with E-state index in [1.54, 1.807) is 11.0 Å². The topological polar surface area (TPSA) is 72.6 Å². The zero-order chi connectivity index (χ0) is 13.1. The van der Waals surface area contributed by atoms with Gasteiger partial charge in [-0.05, 0) is 40.2 Å². The summed E-state index contributed by atoms with van der Waals surface area (Å²) in [5.74, 6) is -0.367. The van der Waals surface area contributed by atoms with E-state index < -0.39 is 6.03 Å². The number of esters is 1. The van der Waals surface area contributed by atoms with Crippen molar-refractivity contribution in [1.29, 1.82) is 0 Å². The molecule has 1 aromatic rings. The molecule has 18 heavy (non-hydrogen) atoms. The van der Waals surface area contributed by atoms with Crippen LogP contribution >= 0.6 is 27.3 Å². The van der Waals surface area contributed by atoms with Gasteiger partial charge in [-0.1, -0.05) is 0 Å². The summed E-state index contributed by atoms with van der Waals surface area (Å²) < 4.78 is 5.96. The van der Waals surface area contributed by atoms with Gasteiger partial charge < -0.3 is 15.4 Å². The molecule has 2 rings (SSSR count). The molecule has 5 nitrogen and oxygen atoms in total. The monoisotopic (exact) mass is 332 g/mol. The average molecular weight is 333 g/mol. The Morgan fingerprint density at radius 2 is 2.39 bits per heavy atom. The molecule has 1 fully saturated rings. The van der Waals surface area contributed by atoms with E-state index in [1.165, 1.54) is 11.3 Å². The Morgan fingerprint density at radius 3 is 3.00 bits per heavy atom. The Hall–Kier alpha value is -1.08. The van der Waals surface area contributed by atoms with Gasteiger partial charge in [0.1, 0.15) is 11.5 Å². The minimum absolute atomic E-state index is 0.0924. The van der Waals surface area contributed by atoms with E-state index in [0.717, 1.165) is 17.3 Å². The molecule has 98 valence electrons. The predicted octanol–water partition coefficient (Wildman–Crippen LogP) is 2.21. The fourth-order valence-corrected chi connectivity index (χ4v) is 3.40. The molecule has 1 atom stereocenters. The van der Waals surface area contributed by atoms with Crippen LogP contribution in [0.1, 0.15) is 22.5 Å². The van der Waals surface area contributed by atoms with Crippen LogP contribution in [-0.4, -0.2) is 36.1 Å². The summed E-state index contributed by atoms with van der Waals surface area (Å²) in [7, 11) is 0. The van der Waals surface area contributed by atoms with E-state index in [2.05, 4.69) is 15.9 Å². The Labute approximate surface area is 117 Å². The molecule has 2 N–H and O–H groups in total. The average Bonchev–Trinajstić information content (AvgIpc) is 2.94. The Kier molecular flexibility index (Phi) is 4.23. The van der Waals surface area contributed by atoms with Crippen LogP contribution in [0.2, 0.25) is 0 Å². The Morgan fingerprint density at radius 1 is 1.61 bits per heavy atom. The van der Waals surface area contributed by atoms with Crippen molar-refractivity contribution in [2.75, 3.05) is 13.2 Å². The summed E-state index contributed by atoms with van der Waals surface area (Å²) in [4.78, 5) is 25.0. The van der Waals surface area contributed by atoms with Crippen molar-refractivity contribution < 1.29 is 14.3 Å². The number of carbonyl (C=O) groups excluding carboxylic acids is 2. The van der Waals surface area contributed by atoms with Crippen LogP contribution in [0.5, 0.6) is 0 Å². The minimum atomic E-state index is -0.453. The van der Waals surface area contributed by atoms with Gasteiger partial charge in [0.05, 0.1) is 6.04 Å². The van der Waals surface area contributed by atoms with Gasteiger partial charge in [0.25, 0.3) is 0 Å². The SMILES string of the molecule is NC(=O)N1CCC[C@H]1COC(=O)c1sccc1Br. The van der Waals surface area contributed by atoms with Gasteiger partial charge in [-0.15, -0.1) is 11.3 Å². The van der Waals surface area contributed by atoms with Gasteiger partial charge in [-0.3, -0.25) is 0 Å². The first-order valence-corrected chi connectivity index (χ1v) is 7.23. The van der Waals surface area contributed by atoms with Crippen LogP contribution in [0.4, 0.5) is 4.79 Å². The van der Waals surface area contributed by atoms with Gasteiger partial charge in [-0.2, -0.15) is 0 Å². The summed E-state index contributed by atoms with van der Waals surface area (Å²) in [6, 6.07) is 1.25. The predicted molar refractivity (Wildman–Crippen MR) is 71.6 cm³/mol. The van der Waals surface area contributed by atoms with Gasteiger partial charge in [0.15, 0.2) is 0 Å². The van der Waals surface area contributed by atoms with Gasteiger partial charge in [-0.25, -0.2) is 9.59 Å². The number of nitrogens with two attached hydrogens (primary N) is 1. The number of hydrogen-bond donors (Lipinski definition) is 1. The van der Waals surface area contributed by atoms with Gasteiger partial charge in [0.2, 0.25) is 0 Å². The third kappa shape index (κ3) is 2.84. The standard InChI is InChI=1S/C11H13BrN2O3S/c12-8-3-5-18-9(8)10(15)17-6-7-2-1-4-14(7)11(13)16/h3,5,7H,1-2,4,6H2,(H2,13,16)/t7-/m0/s1. The third-order valence-electron chi connectivity index (χ3n) is 2.87. The minimum Gasteiger partial charge on any atom is -0.459 e. The highest BCUT2D eigenvalue weighted by atomic mass is 79.9. The molecule has 1 saturated heterocycles. The molecular formula is C11H13BrN2O3S. The molecular weight excluding hydrogens is 320 g/mol. The summed E-state index contributed by atoms with van der Waals surface area (Å²) in [6.07, 6.45) is 1.72. The van der Waals surface area contributed by atoms with Crippen LogP contribution in [0.25, 0.3) is 0 Å². The van der Waals surface area contributed by atoms with E-state index in [4.69, 9.17) is 10.5 Å². The number of urea groups is 1. The van der Waals surface area contributed by atoms with Gasteiger partial charge in [0, 0.05) is 11.0 Å². The highest BCUT2D eigenvalue weighted by molar-refractivity contribution is 9.10. The lowest BCUT2D eigenvalue weighted by Gasteiger charge is -2.21. The molecule has 0 bridgehead atoms. The first-order valence-electron chi connectivity index (χ1n) is 5.56. The van der Waals surface area contributed by atoms with Crippen molar-refractivity contribution in [2.45, 2.75) is 18.9 Å². The second-order valence-electron chi connectivity index (χ2n) is 4.02. The molecule has 0 saturated carbocycles. The lowest BCUT2D eigenvalue weighted by Crippen LogP contribution is -2.41. The molecule has 1 aliphatic heterocycles. The molecule has 0 aromatic carbocycles. The second-order valence-corrected chi connectivity index (χ2v) is 5.79. The molecule has 0 spiro atoms. The number of nitrogens with zero attached hydrogens (tertiary/aromatic N) is 1. The Bertz CT molecular complexity index is 463. The first-order chi connectivity index (χ1) is 8.59. The van der Waals surface area contributed by atoms with Crippen molar-refractivity contribution in [3.05, 3.63) is 20.8 Å². The lowest BCUT2D eigenvalue weighted by molar-refractivity contribution is 0.0427. The number of halogens is 1. The van der Waals surface area contributed by atoms with E-state index in [-0.39, 0.29) is 18.6 Å². The number of ether oxygens (including phenoxy) is 1. The number of rotatable bonds is 3. The number of hydrogen-bond acceptors (Lipinski definition) is 4. The maximum atomic E-state index is 11.8. The van der Waals surface area contributed by atoms with Crippen LogP contribution in [-0.2, 0) is 4.74 Å². The first kappa shape index (κ1) is 13.4. The molecule has 0 radical (unpaired) electrons. The van der Waals surface area contributed by atoms with Crippen LogP contribution < -0.4 is 5.73 Å². The fourth-order valence-electron chi connectivity index (χ4n) is 1.98. The molecule has 2 amide bonds.